The minimum Gasteiger partial charge on any atom is -0.347 e. The summed E-state index contributed by atoms with van der Waals surface area (Å²) in [7, 11) is 0. The Labute approximate surface area is 104 Å². The molecule has 1 aromatic heterocycles. The normalized spacial score (nSPS) is 22.6. The Hall–Kier alpha value is -1.47. The van der Waals surface area contributed by atoms with Gasteiger partial charge in [-0.1, -0.05) is 5.16 Å². The van der Waals surface area contributed by atoms with Crippen LogP contribution in [0, 0.1) is 6.92 Å². The molecule has 3 heterocycles. The fraction of sp³-hybridized carbons (Fsp3) is 0.727. The van der Waals surface area contributed by atoms with E-state index in [4.69, 9.17) is 9.47 Å². The van der Waals surface area contributed by atoms with E-state index in [0.29, 0.717) is 50.5 Å². The second-order valence-electron chi connectivity index (χ2n) is 4.60. The lowest BCUT2D eigenvalue weighted by atomic mass is 10.0. The molecular formula is C11H15N3O4. The maximum atomic E-state index is 12.2. The molecule has 7 heteroatoms. The first kappa shape index (κ1) is 11.6. The smallest absolute Gasteiger partial charge is 0.278 e. The molecule has 1 aromatic rings. The van der Waals surface area contributed by atoms with E-state index in [2.05, 4.69) is 14.9 Å². The zero-order chi connectivity index (χ0) is 12.6. The van der Waals surface area contributed by atoms with Crippen LogP contribution in [-0.2, 0) is 9.47 Å². The molecule has 2 aliphatic rings. The molecule has 98 valence electrons. The Kier molecular flexibility index (Phi) is 2.79. The molecule has 0 N–H and O–H groups in total. The summed E-state index contributed by atoms with van der Waals surface area (Å²) in [5, 5.41) is 7.26. The third-order valence-corrected chi connectivity index (χ3v) is 3.48. The van der Waals surface area contributed by atoms with Gasteiger partial charge in [-0.05, 0) is 12.1 Å². The van der Waals surface area contributed by atoms with Crippen LogP contribution in [0.5, 0.6) is 0 Å². The molecule has 3 rings (SSSR count). The zero-order valence-corrected chi connectivity index (χ0v) is 10.2. The van der Waals surface area contributed by atoms with Crippen molar-refractivity contribution in [3.63, 3.8) is 0 Å². The third-order valence-electron chi connectivity index (χ3n) is 3.48. The zero-order valence-electron chi connectivity index (χ0n) is 10.2. The highest BCUT2D eigenvalue weighted by Gasteiger charge is 2.41. The summed E-state index contributed by atoms with van der Waals surface area (Å²) in [6.45, 7) is 4.19. The van der Waals surface area contributed by atoms with Gasteiger partial charge in [-0.2, -0.15) is 0 Å². The molecule has 0 atom stereocenters. The van der Waals surface area contributed by atoms with E-state index in [9.17, 15) is 4.79 Å². The van der Waals surface area contributed by atoms with E-state index in [1.807, 2.05) is 0 Å². The number of carbonyl (C=O) groups excluding carboxylic acids is 1. The largest absolute Gasteiger partial charge is 0.347 e. The fourth-order valence-electron chi connectivity index (χ4n) is 2.41. The van der Waals surface area contributed by atoms with Crippen molar-refractivity contribution in [2.75, 3.05) is 26.3 Å². The Bertz CT molecular complexity index is 443. The van der Waals surface area contributed by atoms with Gasteiger partial charge in [0.1, 0.15) is 5.69 Å². The number of amides is 1. The monoisotopic (exact) mass is 253 g/mol. The van der Waals surface area contributed by atoms with E-state index >= 15 is 0 Å². The predicted octanol–water partition coefficient (Wildman–Crippen LogP) is 0.357. The average Bonchev–Trinajstić information content (AvgIpc) is 2.99. The van der Waals surface area contributed by atoms with Crippen LogP contribution in [0.25, 0.3) is 0 Å². The van der Waals surface area contributed by atoms with E-state index in [1.54, 1.807) is 11.8 Å². The summed E-state index contributed by atoms with van der Waals surface area (Å²) in [5.41, 5.74) is 0.813. The van der Waals surface area contributed by atoms with Crippen LogP contribution in [0.2, 0.25) is 0 Å². The van der Waals surface area contributed by atoms with Gasteiger partial charge in [-0.15, -0.1) is 0 Å². The number of rotatable bonds is 1. The van der Waals surface area contributed by atoms with Crippen LogP contribution < -0.4 is 0 Å². The van der Waals surface area contributed by atoms with Gasteiger partial charge in [0.25, 0.3) is 5.91 Å². The number of piperidine rings is 1. The lowest BCUT2D eigenvalue weighted by Gasteiger charge is -2.37. The number of likely N-dealkylation sites (tertiary alicyclic amines) is 1. The quantitative estimate of drug-likeness (QED) is 0.719. The summed E-state index contributed by atoms with van der Waals surface area (Å²) >= 11 is 0. The Morgan fingerprint density at radius 3 is 2.44 bits per heavy atom. The van der Waals surface area contributed by atoms with Crippen molar-refractivity contribution in [3.8, 4) is 0 Å². The number of aryl methyl sites for hydroxylation is 1. The minimum atomic E-state index is -0.464. The molecule has 2 aliphatic heterocycles. The molecule has 1 amide bonds. The first-order chi connectivity index (χ1) is 8.70. The van der Waals surface area contributed by atoms with Gasteiger partial charge >= 0.3 is 0 Å². The minimum absolute atomic E-state index is 0.137. The van der Waals surface area contributed by atoms with Crippen molar-refractivity contribution in [1.29, 1.82) is 0 Å². The molecule has 0 aromatic carbocycles. The highest BCUT2D eigenvalue weighted by Crippen LogP contribution is 2.31. The molecule has 1 spiro atoms. The number of aromatic nitrogens is 2. The molecule has 0 unspecified atom stereocenters. The van der Waals surface area contributed by atoms with Crippen LogP contribution in [0.1, 0.15) is 29.0 Å². The van der Waals surface area contributed by atoms with Crippen molar-refractivity contribution < 1.29 is 18.9 Å². The van der Waals surface area contributed by atoms with Gasteiger partial charge in [0.05, 0.1) is 13.2 Å². The maximum Gasteiger partial charge on any atom is 0.278 e. The van der Waals surface area contributed by atoms with Crippen molar-refractivity contribution in [2.45, 2.75) is 25.6 Å². The highest BCUT2D eigenvalue weighted by atomic mass is 16.7. The van der Waals surface area contributed by atoms with Crippen LogP contribution in [0.4, 0.5) is 0 Å². The number of ether oxygens (including phenoxy) is 2. The van der Waals surface area contributed by atoms with Crippen molar-refractivity contribution >= 4 is 5.91 Å². The number of carbonyl (C=O) groups is 1. The molecule has 18 heavy (non-hydrogen) atoms. The predicted molar refractivity (Wildman–Crippen MR) is 58.8 cm³/mol. The summed E-state index contributed by atoms with van der Waals surface area (Å²) in [6.07, 6.45) is 1.39. The van der Waals surface area contributed by atoms with Gasteiger partial charge in [0.2, 0.25) is 0 Å². The summed E-state index contributed by atoms with van der Waals surface area (Å²) in [6, 6.07) is 0. The first-order valence-corrected chi connectivity index (χ1v) is 6.07. The Morgan fingerprint density at radius 1 is 1.22 bits per heavy atom. The molecular weight excluding hydrogens is 238 g/mol. The summed E-state index contributed by atoms with van der Waals surface area (Å²) < 4.78 is 15.8. The number of nitrogens with zero attached hydrogens (tertiary/aromatic N) is 3. The first-order valence-electron chi connectivity index (χ1n) is 6.07. The third kappa shape index (κ3) is 1.89. The van der Waals surface area contributed by atoms with Crippen LogP contribution in [0.3, 0.4) is 0 Å². The Morgan fingerprint density at radius 2 is 1.89 bits per heavy atom. The second-order valence-corrected chi connectivity index (χ2v) is 4.60. The molecule has 0 saturated carbocycles. The molecule has 7 nitrogen and oxygen atoms in total. The van der Waals surface area contributed by atoms with Gasteiger partial charge in [-0.3, -0.25) is 4.79 Å². The average molecular weight is 253 g/mol. The topological polar surface area (TPSA) is 77.7 Å². The van der Waals surface area contributed by atoms with Crippen LogP contribution in [-0.4, -0.2) is 53.2 Å². The lowest BCUT2D eigenvalue weighted by molar-refractivity contribution is -0.181. The van der Waals surface area contributed by atoms with Gasteiger partial charge in [-0.25, -0.2) is 4.63 Å². The van der Waals surface area contributed by atoms with Gasteiger partial charge in [0, 0.05) is 25.9 Å². The van der Waals surface area contributed by atoms with Crippen LogP contribution in [0.15, 0.2) is 4.63 Å². The summed E-state index contributed by atoms with van der Waals surface area (Å²) in [4.78, 5) is 13.9. The van der Waals surface area contributed by atoms with E-state index in [-0.39, 0.29) is 5.91 Å². The SMILES string of the molecule is Cc1nonc1C(=O)N1CCC2(CC1)OCCO2. The van der Waals surface area contributed by atoms with E-state index < -0.39 is 5.79 Å². The van der Waals surface area contributed by atoms with Crippen molar-refractivity contribution in [2.24, 2.45) is 0 Å². The number of hydrogen-bond donors (Lipinski definition) is 0. The lowest BCUT2D eigenvalue weighted by Crippen LogP contribution is -2.47. The van der Waals surface area contributed by atoms with Gasteiger partial charge < -0.3 is 14.4 Å². The second kappa shape index (κ2) is 4.33. The van der Waals surface area contributed by atoms with Gasteiger partial charge in [0.15, 0.2) is 11.5 Å². The molecule has 0 radical (unpaired) electrons. The number of hydrogen-bond acceptors (Lipinski definition) is 6. The van der Waals surface area contributed by atoms with E-state index in [1.165, 1.54) is 0 Å². The van der Waals surface area contributed by atoms with Crippen molar-refractivity contribution in [1.82, 2.24) is 15.2 Å². The molecule has 0 bridgehead atoms. The van der Waals surface area contributed by atoms with Crippen molar-refractivity contribution in [3.05, 3.63) is 11.4 Å². The molecule has 2 saturated heterocycles. The van der Waals surface area contributed by atoms with E-state index in [0.717, 1.165) is 0 Å². The highest BCUT2D eigenvalue weighted by molar-refractivity contribution is 5.93. The summed E-state index contributed by atoms with van der Waals surface area (Å²) in [5.74, 6) is -0.602. The Balaban J connectivity index is 1.66. The fourth-order valence-corrected chi connectivity index (χ4v) is 2.41. The maximum absolute atomic E-state index is 12.2. The molecule has 2 fully saturated rings. The van der Waals surface area contributed by atoms with Crippen LogP contribution >= 0.6 is 0 Å². The molecule has 0 aliphatic carbocycles. The standard InChI is InChI=1S/C11H15N3O4/c1-8-9(13-18-12-8)10(15)14-4-2-11(3-5-14)16-6-7-17-11/h2-7H2,1H3.